The van der Waals surface area contributed by atoms with Crippen molar-refractivity contribution < 1.29 is 10.0 Å². The summed E-state index contributed by atoms with van der Waals surface area (Å²) in [7, 11) is 0. The number of phenols is 1. The maximum absolute atomic E-state index is 10.1. The molecule has 0 saturated heterocycles. The number of hydrogen-bond acceptors (Lipinski definition) is 3. The predicted molar refractivity (Wildman–Crippen MR) is 71.2 cm³/mol. The highest BCUT2D eigenvalue weighted by molar-refractivity contribution is 6.32. The minimum Gasteiger partial charge on any atom is -0.506 e. The van der Waals surface area contributed by atoms with E-state index in [4.69, 9.17) is 28.3 Å². The fraction of sp³-hybridized carbons (Fsp3) is 0. The quantitative estimate of drug-likeness (QED) is 0.628. The number of phenolic OH excluding ortho intramolecular Hbond substituents is 1. The van der Waals surface area contributed by atoms with E-state index in [1.54, 1.807) is 36.4 Å². The SMILES string of the molecule is O=[N+]([O-])c1ccccc1Cl.Oc1ccccc1Cl. The smallest absolute Gasteiger partial charge is 0.287 e. The van der Waals surface area contributed by atoms with E-state index in [0.29, 0.717) is 5.02 Å². The lowest BCUT2D eigenvalue weighted by atomic mass is 10.3. The van der Waals surface area contributed by atoms with Gasteiger partial charge in [0.05, 0.1) is 9.95 Å². The third-order valence-electron chi connectivity index (χ3n) is 1.90. The highest BCUT2D eigenvalue weighted by Crippen LogP contribution is 2.22. The average Bonchev–Trinajstić information content (AvgIpc) is 2.34. The third-order valence-corrected chi connectivity index (χ3v) is 2.54. The Balaban J connectivity index is 0.000000184. The molecule has 0 aromatic heterocycles. The predicted octanol–water partition coefficient (Wildman–Crippen LogP) is 4.29. The topological polar surface area (TPSA) is 63.4 Å². The molecule has 1 N–H and O–H groups in total. The number of halogens is 2. The first-order valence-corrected chi connectivity index (χ1v) is 5.60. The molecule has 18 heavy (non-hydrogen) atoms. The van der Waals surface area contributed by atoms with Crippen molar-refractivity contribution in [2.45, 2.75) is 0 Å². The molecule has 0 saturated carbocycles. The highest BCUT2D eigenvalue weighted by Gasteiger charge is 2.08. The number of aromatic hydroxyl groups is 1. The Hall–Kier alpha value is -1.78. The van der Waals surface area contributed by atoms with Gasteiger partial charge in [-0.3, -0.25) is 10.1 Å². The molecule has 2 rings (SSSR count). The van der Waals surface area contributed by atoms with Crippen LogP contribution < -0.4 is 0 Å². The molecule has 0 aliphatic rings. The average molecular weight is 286 g/mol. The zero-order valence-electron chi connectivity index (χ0n) is 9.09. The van der Waals surface area contributed by atoms with Gasteiger partial charge in [0.15, 0.2) is 0 Å². The van der Waals surface area contributed by atoms with Crippen LogP contribution in [-0.2, 0) is 0 Å². The largest absolute Gasteiger partial charge is 0.506 e. The van der Waals surface area contributed by atoms with Crippen LogP contribution in [0, 0.1) is 10.1 Å². The maximum Gasteiger partial charge on any atom is 0.287 e. The molecule has 0 spiro atoms. The van der Waals surface area contributed by atoms with Gasteiger partial charge in [-0.25, -0.2) is 0 Å². The van der Waals surface area contributed by atoms with Gasteiger partial charge in [0.2, 0.25) is 0 Å². The number of rotatable bonds is 1. The van der Waals surface area contributed by atoms with Gasteiger partial charge < -0.3 is 5.11 Å². The van der Waals surface area contributed by atoms with Crippen LogP contribution in [0.4, 0.5) is 5.69 Å². The molecular weight excluding hydrogens is 277 g/mol. The van der Waals surface area contributed by atoms with Crippen molar-refractivity contribution in [3.8, 4) is 5.75 Å². The molecule has 94 valence electrons. The normalized spacial score (nSPS) is 9.22. The Kier molecular flexibility index (Phi) is 5.42. The van der Waals surface area contributed by atoms with E-state index in [2.05, 4.69) is 0 Å². The van der Waals surface area contributed by atoms with Gasteiger partial charge in [-0.1, -0.05) is 47.5 Å². The molecule has 0 bridgehead atoms. The summed E-state index contributed by atoms with van der Waals surface area (Å²) in [5.41, 5.74) is -0.0517. The van der Waals surface area contributed by atoms with Crippen LogP contribution in [0.15, 0.2) is 48.5 Å². The van der Waals surface area contributed by atoms with Crippen LogP contribution >= 0.6 is 23.2 Å². The first-order valence-electron chi connectivity index (χ1n) is 4.85. The van der Waals surface area contributed by atoms with E-state index in [-0.39, 0.29) is 16.5 Å². The van der Waals surface area contributed by atoms with E-state index in [1.807, 2.05) is 0 Å². The molecule has 0 aliphatic carbocycles. The molecule has 2 aromatic rings. The van der Waals surface area contributed by atoms with Crippen molar-refractivity contribution in [3.05, 3.63) is 68.7 Å². The summed E-state index contributed by atoms with van der Waals surface area (Å²) in [6, 6.07) is 12.7. The van der Waals surface area contributed by atoms with Crippen molar-refractivity contribution in [1.29, 1.82) is 0 Å². The lowest BCUT2D eigenvalue weighted by Crippen LogP contribution is -1.87. The molecule has 0 radical (unpaired) electrons. The minimum absolute atomic E-state index is 0.0517. The van der Waals surface area contributed by atoms with E-state index >= 15 is 0 Å². The Morgan fingerprint density at radius 3 is 1.78 bits per heavy atom. The second-order valence-corrected chi connectivity index (χ2v) is 3.97. The van der Waals surface area contributed by atoms with Gasteiger partial charge in [-0.2, -0.15) is 0 Å². The van der Waals surface area contributed by atoms with Crippen molar-refractivity contribution in [2.24, 2.45) is 0 Å². The Bertz CT molecular complexity index is 525. The Morgan fingerprint density at radius 1 is 0.944 bits per heavy atom. The van der Waals surface area contributed by atoms with Crippen molar-refractivity contribution in [3.63, 3.8) is 0 Å². The molecule has 0 amide bonds. The summed E-state index contributed by atoms with van der Waals surface area (Å²) in [6.45, 7) is 0. The summed E-state index contributed by atoms with van der Waals surface area (Å²) < 4.78 is 0. The molecule has 0 heterocycles. The van der Waals surface area contributed by atoms with Crippen molar-refractivity contribution in [1.82, 2.24) is 0 Å². The van der Waals surface area contributed by atoms with Crippen LogP contribution in [0.1, 0.15) is 0 Å². The molecule has 2 aromatic carbocycles. The van der Waals surface area contributed by atoms with Gasteiger partial charge in [-0.15, -0.1) is 0 Å². The Labute approximate surface area is 114 Å². The number of nitro groups is 1. The van der Waals surface area contributed by atoms with Gasteiger partial charge in [0, 0.05) is 6.07 Å². The summed E-state index contributed by atoms with van der Waals surface area (Å²) >= 11 is 10.9. The summed E-state index contributed by atoms with van der Waals surface area (Å²) in [5, 5.41) is 19.5. The van der Waals surface area contributed by atoms with Crippen LogP contribution in [-0.4, -0.2) is 10.0 Å². The second kappa shape index (κ2) is 6.83. The molecule has 4 nitrogen and oxygen atoms in total. The zero-order valence-corrected chi connectivity index (χ0v) is 10.6. The molecule has 0 aliphatic heterocycles. The lowest BCUT2D eigenvalue weighted by molar-refractivity contribution is -0.384. The minimum atomic E-state index is -0.512. The Morgan fingerprint density at radius 2 is 1.44 bits per heavy atom. The fourth-order valence-corrected chi connectivity index (χ4v) is 1.39. The number of nitrogens with zero attached hydrogens (tertiary/aromatic N) is 1. The maximum atomic E-state index is 10.1. The first kappa shape index (κ1) is 14.3. The molecular formula is C12H9Cl2NO3. The van der Waals surface area contributed by atoms with Crippen LogP contribution in [0.3, 0.4) is 0 Å². The summed E-state index contributed by atoms with van der Waals surface area (Å²) in [4.78, 5) is 9.63. The van der Waals surface area contributed by atoms with Crippen LogP contribution in [0.5, 0.6) is 5.75 Å². The van der Waals surface area contributed by atoms with Crippen LogP contribution in [0.25, 0.3) is 0 Å². The van der Waals surface area contributed by atoms with E-state index in [0.717, 1.165) is 0 Å². The monoisotopic (exact) mass is 285 g/mol. The van der Waals surface area contributed by atoms with Gasteiger partial charge in [-0.05, 0) is 18.2 Å². The second-order valence-electron chi connectivity index (χ2n) is 3.16. The van der Waals surface area contributed by atoms with E-state index in [1.165, 1.54) is 12.1 Å². The molecule has 0 atom stereocenters. The van der Waals surface area contributed by atoms with Crippen molar-refractivity contribution in [2.75, 3.05) is 0 Å². The van der Waals surface area contributed by atoms with Gasteiger partial charge >= 0.3 is 0 Å². The highest BCUT2D eigenvalue weighted by atomic mass is 35.5. The molecule has 6 heteroatoms. The number of para-hydroxylation sites is 2. The standard InChI is InChI=1S/C6H4ClNO2.C6H5ClO/c7-5-3-1-2-4-6(5)8(9)10;7-5-3-1-2-4-6(5)8/h1-4H;1-4,8H. The lowest BCUT2D eigenvalue weighted by Gasteiger charge is -1.90. The summed E-state index contributed by atoms with van der Waals surface area (Å²) in [5.74, 6) is 0.133. The van der Waals surface area contributed by atoms with E-state index in [9.17, 15) is 10.1 Å². The fourth-order valence-electron chi connectivity index (χ4n) is 1.05. The molecule has 0 fully saturated rings. The number of nitro benzene ring substituents is 1. The molecule has 0 unspecified atom stereocenters. The first-order chi connectivity index (χ1) is 8.52. The van der Waals surface area contributed by atoms with Crippen LogP contribution in [0.2, 0.25) is 10.0 Å². The van der Waals surface area contributed by atoms with Gasteiger partial charge in [0.25, 0.3) is 5.69 Å². The number of hydrogen-bond donors (Lipinski definition) is 1. The van der Waals surface area contributed by atoms with Crippen molar-refractivity contribution >= 4 is 28.9 Å². The van der Waals surface area contributed by atoms with Gasteiger partial charge in [0.1, 0.15) is 10.8 Å². The zero-order chi connectivity index (χ0) is 13.5. The summed E-state index contributed by atoms with van der Waals surface area (Å²) in [6.07, 6.45) is 0. The van der Waals surface area contributed by atoms with E-state index < -0.39 is 4.92 Å². The number of benzene rings is 2. The third kappa shape index (κ3) is 4.24.